The number of carbonyl (C=O) groups is 1. The number of hydrogen-bond acceptors (Lipinski definition) is 3. The van der Waals surface area contributed by atoms with Gasteiger partial charge in [0.25, 0.3) is 0 Å². The van der Waals surface area contributed by atoms with Crippen molar-refractivity contribution >= 4 is 27.3 Å². The van der Waals surface area contributed by atoms with Crippen molar-refractivity contribution in [3.05, 3.63) is 58.9 Å². The van der Waals surface area contributed by atoms with Crippen LogP contribution in [0.4, 0.5) is 28.9 Å². The maximum Gasteiger partial charge on any atom is 0.419 e. The molecule has 0 atom stereocenters. The molecule has 1 heterocycles. The molecule has 2 aromatic carbocycles. The number of sulfonamides is 1. The van der Waals surface area contributed by atoms with Crippen LogP contribution in [0.25, 0.3) is 0 Å². The maximum absolute atomic E-state index is 13.7. The molecule has 5 nitrogen and oxygen atoms in total. The summed E-state index contributed by atoms with van der Waals surface area (Å²) in [5, 5.41) is 0. The molecule has 0 saturated carbocycles. The molecule has 1 amide bonds. The number of nitrogens with zero attached hydrogens (tertiary/aromatic N) is 1. The third-order valence-corrected chi connectivity index (χ3v) is 5.96. The second-order valence-corrected chi connectivity index (χ2v) is 8.78. The minimum Gasteiger partial charge on any atom is -0.312 e. The van der Waals surface area contributed by atoms with Crippen LogP contribution in [0, 0.1) is 5.82 Å². The summed E-state index contributed by atoms with van der Waals surface area (Å²) < 4.78 is 78.9. The summed E-state index contributed by atoms with van der Waals surface area (Å²) in [6.45, 7) is 2.52. The van der Waals surface area contributed by atoms with E-state index in [1.165, 1.54) is 6.07 Å². The molecule has 10 heteroatoms. The zero-order valence-electron chi connectivity index (χ0n) is 16.1. The van der Waals surface area contributed by atoms with Gasteiger partial charge in [-0.2, -0.15) is 13.2 Å². The average Bonchev–Trinajstić information content (AvgIpc) is 2.62. The van der Waals surface area contributed by atoms with E-state index in [1.54, 1.807) is 17.0 Å². The fraction of sp³-hybridized carbons (Fsp3) is 0.350. The Hall–Kier alpha value is -2.62. The van der Waals surface area contributed by atoms with Gasteiger partial charge in [-0.05, 0) is 54.3 Å². The number of alkyl halides is 3. The Bertz CT molecular complexity index is 1070. The summed E-state index contributed by atoms with van der Waals surface area (Å²) in [5.74, 6) is -2.19. The number of amides is 1. The predicted molar refractivity (Wildman–Crippen MR) is 105 cm³/mol. The van der Waals surface area contributed by atoms with Crippen molar-refractivity contribution in [1.29, 1.82) is 0 Å². The standard InChI is InChI=1S/C20H20F4N2O3S/c1-2-9-26-18-7-5-15(11-14(18)4-8-19(26)27)25-30(28,29)12-13-3-6-16(17(21)10-13)20(22,23)24/h3,5-7,10-11,25H,2,4,8-9,12H2,1H3. The van der Waals surface area contributed by atoms with Gasteiger partial charge in [0.05, 0.1) is 11.3 Å². The number of nitrogens with one attached hydrogen (secondary N) is 1. The zero-order chi connectivity index (χ0) is 22.1. The van der Waals surface area contributed by atoms with Gasteiger partial charge in [-0.1, -0.05) is 13.0 Å². The van der Waals surface area contributed by atoms with Gasteiger partial charge in [-0.15, -0.1) is 0 Å². The lowest BCUT2D eigenvalue weighted by molar-refractivity contribution is -0.140. The molecule has 0 fully saturated rings. The monoisotopic (exact) mass is 444 g/mol. The fourth-order valence-electron chi connectivity index (χ4n) is 3.41. The number of benzene rings is 2. The van der Waals surface area contributed by atoms with Crippen LogP contribution in [0.3, 0.4) is 0 Å². The van der Waals surface area contributed by atoms with E-state index in [2.05, 4.69) is 4.72 Å². The van der Waals surface area contributed by atoms with Gasteiger partial charge in [0.1, 0.15) is 5.82 Å². The third-order valence-electron chi connectivity index (χ3n) is 4.70. The van der Waals surface area contributed by atoms with E-state index >= 15 is 0 Å². The number of carbonyl (C=O) groups excluding carboxylic acids is 1. The summed E-state index contributed by atoms with van der Waals surface area (Å²) in [5.41, 5.74) is 0.278. The van der Waals surface area contributed by atoms with Crippen LogP contribution in [0.1, 0.15) is 36.5 Å². The van der Waals surface area contributed by atoms with E-state index in [0.29, 0.717) is 31.5 Å². The molecule has 0 aromatic heterocycles. The van der Waals surface area contributed by atoms with Crippen molar-refractivity contribution in [2.24, 2.45) is 0 Å². The van der Waals surface area contributed by atoms with Crippen molar-refractivity contribution in [1.82, 2.24) is 0 Å². The first-order valence-corrected chi connectivity index (χ1v) is 10.9. The molecule has 162 valence electrons. The van der Waals surface area contributed by atoms with E-state index < -0.39 is 33.3 Å². The predicted octanol–water partition coefficient (Wildman–Crippen LogP) is 4.48. The molecular weight excluding hydrogens is 424 g/mol. The Morgan fingerprint density at radius 1 is 1.10 bits per heavy atom. The SMILES string of the molecule is CCCN1C(=O)CCc2cc(NS(=O)(=O)Cc3ccc(C(F)(F)F)c(F)c3)ccc21. The molecule has 1 aliphatic heterocycles. The molecule has 1 aliphatic rings. The summed E-state index contributed by atoms with van der Waals surface area (Å²) in [4.78, 5) is 13.8. The summed E-state index contributed by atoms with van der Waals surface area (Å²) in [6.07, 6.45) is -3.26. The van der Waals surface area contributed by atoms with Gasteiger partial charge in [-0.3, -0.25) is 9.52 Å². The van der Waals surface area contributed by atoms with Crippen molar-refractivity contribution in [2.45, 2.75) is 38.1 Å². The molecular formula is C20H20F4N2O3S. The number of hydrogen-bond donors (Lipinski definition) is 1. The molecule has 0 unspecified atom stereocenters. The Balaban J connectivity index is 1.78. The first kappa shape index (κ1) is 22.1. The highest BCUT2D eigenvalue weighted by atomic mass is 32.2. The minimum atomic E-state index is -4.85. The second kappa shape index (κ2) is 8.25. The quantitative estimate of drug-likeness (QED) is 0.669. The number of rotatable bonds is 6. The van der Waals surface area contributed by atoms with Crippen LogP contribution >= 0.6 is 0 Å². The molecule has 2 aromatic rings. The summed E-state index contributed by atoms with van der Waals surface area (Å²) in [7, 11) is -3.99. The second-order valence-electron chi connectivity index (χ2n) is 7.06. The zero-order valence-corrected chi connectivity index (χ0v) is 16.9. The number of anilines is 2. The Morgan fingerprint density at radius 3 is 2.47 bits per heavy atom. The van der Waals surface area contributed by atoms with Gasteiger partial charge in [0, 0.05) is 24.3 Å². The number of halogens is 4. The lowest BCUT2D eigenvalue weighted by Gasteiger charge is -2.29. The third kappa shape index (κ3) is 4.92. The lowest BCUT2D eigenvalue weighted by atomic mass is 10.0. The normalized spacial score (nSPS) is 14.6. The Kier molecular flexibility index (Phi) is 6.07. The maximum atomic E-state index is 13.7. The van der Waals surface area contributed by atoms with E-state index in [1.807, 2.05) is 6.92 Å². The molecule has 3 rings (SSSR count). The molecule has 1 N–H and O–H groups in total. The Morgan fingerprint density at radius 2 is 1.83 bits per heavy atom. The highest BCUT2D eigenvalue weighted by Gasteiger charge is 2.34. The topological polar surface area (TPSA) is 66.5 Å². The van der Waals surface area contributed by atoms with E-state index in [4.69, 9.17) is 0 Å². The molecule has 0 saturated heterocycles. The highest BCUT2D eigenvalue weighted by molar-refractivity contribution is 7.91. The van der Waals surface area contributed by atoms with E-state index in [9.17, 15) is 30.8 Å². The van der Waals surface area contributed by atoms with E-state index in [-0.39, 0.29) is 17.2 Å². The van der Waals surface area contributed by atoms with Crippen LogP contribution in [-0.4, -0.2) is 20.9 Å². The van der Waals surface area contributed by atoms with Gasteiger partial charge < -0.3 is 4.90 Å². The van der Waals surface area contributed by atoms with Gasteiger partial charge in [-0.25, -0.2) is 12.8 Å². The Labute approximate surface area is 171 Å². The van der Waals surface area contributed by atoms with Gasteiger partial charge in [0.2, 0.25) is 15.9 Å². The summed E-state index contributed by atoms with van der Waals surface area (Å²) in [6, 6.07) is 6.85. The van der Waals surface area contributed by atoms with Crippen LogP contribution < -0.4 is 9.62 Å². The van der Waals surface area contributed by atoms with Crippen molar-refractivity contribution in [3.63, 3.8) is 0 Å². The van der Waals surface area contributed by atoms with Crippen molar-refractivity contribution in [3.8, 4) is 0 Å². The number of fused-ring (bicyclic) bond motifs is 1. The lowest BCUT2D eigenvalue weighted by Crippen LogP contribution is -2.35. The highest BCUT2D eigenvalue weighted by Crippen LogP contribution is 2.33. The van der Waals surface area contributed by atoms with Crippen LogP contribution in [0.15, 0.2) is 36.4 Å². The van der Waals surface area contributed by atoms with Gasteiger partial charge >= 0.3 is 6.18 Å². The molecule has 0 aliphatic carbocycles. The van der Waals surface area contributed by atoms with Crippen LogP contribution in [0.2, 0.25) is 0 Å². The van der Waals surface area contributed by atoms with E-state index in [0.717, 1.165) is 23.7 Å². The molecule has 0 spiro atoms. The summed E-state index contributed by atoms with van der Waals surface area (Å²) >= 11 is 0. The molecule has 0 radical (unpaired) electrons. The van der Waals surface area contributed by atoms with Crippen molar-refractivity contribution < 1.29 is 30.8 Å². The van der Waals surface area contributed by atoms with Crippen LogP contribution in [0.5, 0.6) is 0 Å². The van der Waals surface area contributed by atoms with Crippen molar-refractivity contribution in [2.75, 3.05) is 16.2 Å². The fourth-order valence-corrected chi connectivity index (χ4v) is 4.58. The first-order chi connectivity index (χ1) is 14.0. The largest absolute Gasteiger partial charge is 0.419 e. The average molecular weight is 444 g/mol. The number of aryl methyl sites for hydroxylation is 1. The van der Waals surface area contributed by atoms with Gasteiger partial charge in [0.15, 0.2) is 0 Å². The minimum absolute atomic E-state index is 0.0158. The molecule has 30 heavy (non-hydrogen) atoms. The molecule has 0 bridgehead atoms. The van der Waals surface area contributed by atoms with Crippen LogP contribution in [-0.2, 0) is 33.2 Å². The smallest absolute Gasteiger partial charge is 0.312 e. The first-order valence-electron chi connectivity index (χ1n) is 9.29.